The molecule has 3 aliphatic rings. The maximum Gasteiger partial charge on any atom is 0.317 e. The number of nitrogens with one attached hydrogen (secondary N) is 1. The predicted molar refractivity (Wildman–Crippen MR) is 92.6 cm³/mol. The van der Waals surface area contributed by atoms with Crippen LogP contribution in [0.2, 0.25) is 0 Å². The first-order chi connectivity index (χ1) is 11.5. The number of hydrogen-bond donors (Lipinski definition) is 2. The fourth-order valence-corrected chi connectivity index (χ4v) is 4.45. The van der Waals surface area contributed by atoms with Crippen molar-refractivity contribution in [1.82, 2.24) is 10.2 Å². The molecule has 5 heteroatoms. The number of carbonyl (C=O) groups excluding carboxylic acids is 1. The molecule has 2 atom stereocenters. The van der Waals surface area contributed by atoms with Gasteiger partial charge in [0.2, 0.25) is 5.91 Å². The number of amides is 1. The smallest absolute Gasteiger partial charge is 0.317 e. The third-order valence-electron chi connectivity index (χ3n) is 6.04. The van der Waals surface area contributed by atoms with Crippen LogP contribution in [0.5, 0.6) is 0 Å². The number of nitrogens with zero attached hydrogens (tertiary/aromatic N) is 1. The highest BCUT2D eigenvalue weighted by Gasteiger charge is 2.37. The Labute approximate surface area is 145 Å². The maximum atomic E-state index is 12.2. The molecule has 0 bridgehead atoms. The van der Waals surface area contributed by atoms with Crippen molar-refractivity contribution in [3.8, 4) is 0 Å². The van der Waals surface area contributed by atoms with Crippen LogP contribution < -0.4 is 5.32 Å². The molecule has 3 saturated carbocycles. The van der Waals surface area contributed by atoms with Crippen molar-refractivity contribution in [3.63, 3.8) is 0 Å². The fraction of sp³-hybridized carbons (Fsp3) is 0.895. The summed E-state index contributed by atoms with van der Waals surface area (Å²) in [5.74, 6) is 1.48. The molecule has 5 nitrogen and oxygen atoms in total. The SMILES string of the molecule is CC1CCCC(CC(=O)NC2CC(N(CC(=O)O)CC3CC3)C2)C1. The lowest BCUT2D eigenvalue weighted by Crippen LogP contribution is -2.55. The zero-order valence-corrected chi connectivity index (χ0v) is 14.9. The number of carboxylic acids is 1. The zero-order chi connectivity index (χ0) is 17.1. The minimum Gasteiger partial charge on any atom is -0.480 e. The highest BCUT2D eigenvalue weighted by molar-refractivity contribution is 5.76. The summed E-state index contributed by atoms with van der Waals surface area (Å²) in [5, 5.41) is 12.3. The van der Waals surface area contributed by atoms with Crippen LogP contribution in [0.1, 0.15) is 64.7 Å². The monoisotopic (exact) mass is 336 g/mol. The summed E-state index contributed by atoms with van der Waals surface area (Å²) in [5.41, 5.74) is 0. The Kier molecular flexibility index (Phi) is 5.80. The second-order valence-corrected chi connectivity index (χ2v) is 8.50. The number of carboxylic acid groups (broad SMARTS) is 1. The molecule has 2 N–H and O–H groups in total. The Morgan fingerprint density at radius 3 is 2.46 bits per heavy atom. The van der Waals surface area contributed by atoms with E-state index in [1.807, 2.05) is 0 Å². The van der Waals surface area contributed by atoms with E-state index in [1.54, 1.807) is 0 Å². The quantitative estimate of drug-likeness (QED) is 0.715. The maximum absolute atomic E-state index is 12.2. The number of rotatable bonds is 8. The predicted octanol–water partition coefficient (Wildman–Crippen LogP) is 2.65. The average molecular weight is 336 g/mol. The van der Waals surface area contributed by atoms with Gasteiger partial charge in [-0.15, -0.1) is 0 Å². The molecule has 0 radical (unpaired) electrons. The van der Waals surface area contributed by atoms with E-state index in [1.165, 1.54) is 38.5 Å². The van der Waals surface area contributed by atoms with Gasteiger partial charge >= 0.3 is 5.97 Å². The minimum absolute atomic E-state index is 0.141. The van der Waals surface area contributed by atoms with Gasteiger partial charge in [0.05, 0.1) is 6.54 Å². The van der Waals surface area contributed by atoms with Gasteiger partial charge in [0.15, 0.2) is 0 Å². The van der Waals surface area contributed by atoms with Gasteiger partial charge in [-0.2, -0.15) is 0 Å². The molecule has 0 aromatic heterocycles. The molecular formula is C19H32N2O3. The summed E-state index contributed by atoms with van der Waals surface area (Å²) < 4.78 is 0. The molecule has 0 spiro atoms. The Balaban J connectivity index is 1.37. The van der Waals surface area contributed by atoms with Crippen LogP contribution in [-0.2, 0) is 9.59 Å². The highest BCUT2D eigenvalue weighted by atomic mass is 16.4. The molecule has 1 amide bonds. The van der Waals surface area contributed by atoms with Crippen LogP contribution in [0, 0.1) is 17.8 Å². The minimum atomic E-state index is -0.741. The van der Waals surface area contributed by atoms with Gasteiger partial charge in [-0.25, -0.2) is 0 Å². The molecule has 0 saturated heterocycles. The highest BCUT2D eigenvalue weighted by Crippen LogP contribution is 2.34. The second kappa shape index (κ2) is 7.85. The van der Waals surface area contributed by atoms with Crippen molar-refractivity contribution in [2.24, 2.45) is 17.8 Å². The number of aliphatic carboxylic acids is 1. The van der Waals surface area contributed by atoms with Crippen molar-refractivity contribution < 1.29 is 14.7 Å². The standard InChI is InChI=1S/C19H32N2O3/c1-13-3-2-4-15(7-13)8-18(22)20-16-9-17(10-16)21(12-19(23)24)11-14-5-6-14/h13-17H,2-12H2,1H3,(H,20,22)(H,23,24). The molecule has 3 aliphatic carbocycles. The van der Waals surface area contributed by atoms with Gasteiger partial charge in [-0.1, -0.05) is 19.8 Å². The summed E-state index contributed by atoms with van der Waals surface area (Å²) in [7, 11) is 0. The molecule has 0 heterocycles. The summed E-state index contributed by atoms with van der Waals surface area (Å²) in [4.78, 5) is 25.4. The Bertz CT molecular complexity index is 458. The summed E-state index contributed by atoms with van der Waals surface area (Å²) in [6.45, 7) is 3.34. The first-order valence-electron chi connectivity index (χ1n) is 9.74. The number of hydrogen-bond acceptors (Lipinski definition) is 3. The first-order valence-corrected chi connectivity index (χ1v) is 9.74. The van der Waals surface area contributed by atoms with E-state index in [2.05, 4.69) is 17.1 Å². The van der Waals surface area contributed by atoms with Crippen molar-refractivity contribution in [3.05, 3.63) is 0 Å². The van der Waals surface area contributed by atoms with Crippen LogP contribution >= 0.6 is 0 Å². The van der Waals surface area contributed by atoms with Crippen molar-refractivity contribution in [2.45, 2.75) is 76.8 Å². The van der Waals surface area contributed by atoms with E-state index in [0.717, 1.165) is 25.3 Å². The van der Waals surface area contributed by atoms with Crippen LogP contribution in [-0.4, -0.2) is 47.1 Å². The lowest BCUT2D eigenvalue weighted by Gasteiger charge is -2.43. The Hall–Kier alpha value is -1.10. The van der Waals surface area contributed by atoms with E-state index < -0.39 is 5.97 Å². The molecular weight excluding hydrogens is 304 g/mol. The van der Waals surface area contributed by atoms with Crippen LogP contribution in [0.25, 0.3) is 0 Å². The zero-order valence-electron chi connectivity index (χ0n) is 14.9. The van der Waals surface area contributed by atoms with Gasteiger partial charge in [-0.05, 0) is 56.3 Å². The van der Waals surface area contributed by atoms with E-state index in [4.69, 9.17) is 5.11 Å². The third kappa shape index (κ3) is 5.20. The molecule has 2 unspecified atom stereocenters. The van der Waals surface area contributed by atoms with Gasteiger partial charge in [-0.3, -0.25) is 14.5 Å². The van der Waals surface area contributed by atoms with Gasteiger partial charge in [0, 0.05) is 25.0 Å². The first kappa shape index (κ1) is 17.7. The lowest BCUT2D eigenvalue weighted by molar-refractivity contribution is -0.140. The fourth-order valence-electron chi connectivity index (χ4n) is 4.45. The summed E-state index contributed by atoms with van der Waals surface area (Å²) in [6, 6.07) is 0.584. The van der Waals surface area contributed by atoms with Crippen LogP contribution in [0.15, 0.2) is 0 Å². The van der Waals surface area contributed by atoms with E-state index in [0.29, 0.717) is 24.3 Å². The molecule has 24 heavy (non-hydrogen) atoms. The van der Waals surface area contributed by atoms with Gasteiger partial charge < -0.3 is 10.4 Å². The van der Waals surface area contributed by atoms with Gasteiger partial charge in [0.25, 0.3) is 0 Å². The van der Waals surface area contributed by atoms with E-state index in [9.17, 15) is 9.59 Å². The van der Waals surface area contributed by atoms with E-state index in [-0.39, 0.29) is 18.5 Å². The Morgan fingerprint density at radius 2 is 1.83 bits per heavy atom. The van der Waals surface area contributed by atoms with Crippen LogP contribution in [0.3, 0.4) is 0 Å². The van der Waals surface area contributed by atoms with Gasteiger partial charge in [0.1, 0.15) is 0 Å². The number of carbonyl (C=O) groups is 2. The molecule has 0 aromatic rings. The normalized spacial score (nSPS) is 33.1. The second-order valence-electron chi connectivity index (χ2n) is 8.50. The average Bonchev–Trinajstić information content (AvgIpc) is 3.25. The van der Waals surface area contributed by atoms with Crippen molar-refractivity contribution in [1.29, 1.82) is 0 Å². The molecule has 3 rings (SSSR count). The molecule has 3 fully saturated rings. The largest absolute Gasteiger partial charge is 0.480 e. The molecule has 0 aromatic carbocycles. The topological polar surface area (TPSA) is 69.6 Å². The van der Waals surface area contributed by atoms with Crippen LogP contribution in [0.4, 0.5) is 0 Å². The molecule has 136 valence electrons. The van der Waals surface area contributed by atoms with E-state index >= 15 is 0 Å². The van der Waals surface area contributed by atoms with Crippen molar-refractivity contribution >= 4 is 11.9 Å². The van der Waals surface area contributed by atoms with Crippen molar-refractivity contribution in [2.75, 3.05) is 13.1 Å². The lowest BCUT2D eigenvalue weighted by atomic mass is 9.80. The summed E-state index contributed by atoms with van der Waals surface area (Å²) in [6.07, 6.45) is 9.92. The third-order valence-corrected chi connectivity index (χ3v) is 6.04. The summed E-state index contributed by atoms with van der Waals surface area (Å²) >= 11 is 0. The Morgan fingerprint density at radius 1 is 1.08 bits per heavy atom. The molecule has 0 aliphatic heterocycles.